The highest BCUT2D eigenvalue weighted by Crippen LogP contribution is 2.19. The molecule has 2 atom stereocenters. The molecule has 0 heterocycles. The van der Waals surface area contributed by atoms with Crippen LogP contribution in [0.25, 0.3) is 0 Å². The number of aliphatic carboxylic acids is 1. The normalized spacial score (nSPS) is 14.2. The molecule has 0 amide bonds. The molecule has 0 aliphatic rings. The molecular formula is C12H13BrO3. The molecule has 4 heteroatoms. The van der Waals surface area contributed by atoms with E-state index in [0.29, 0.717) is 5.56 Å². The Balaban J connectivity index is 2.86. The van der Waals surface area contributed by atoms with E-state index in [1.54, 1.807) is 38.1 Å². The topological polar surface area (TPSA) is 54.4 Å². The average molecular weight is 285 g/mol. The zero-order valence-corrected chi connectivity index (χ0v) is 10.7. The number of ketones is 1. The quantitative estimate of drug-likeness (QED) is 0.865. The molecule has 0 spiro atoms. The van der Waals surface area contributed by atoms with Crippen molar-refractivity contribution in [3.05, 3.63) is 34.3 Å². The fraction of sp³-hybridized carbons (Fsp3) is 0.333. The maximum atomic E-state index is 11.9. The van der Waals surface area contributed by atoms with Crippen LogP contribution in [0.5, 0.6) is 0 Å². The summed E-state index contributed by atoms with van der Waals surface area (Å²) in [5, 5.41) is 8.83. The molecule has 16 heavy (non-hydrogen) atoms. The van der Waals surface area contributed by atoms with Gasteiger partial charge in [-0.2, -0.15) is 0 Å². The van der Waals surface area contributed by atoms with Crippen molar-refractivity contribution in [1.29, 1.82) is 0 Å². The van der Waals surface area contributed by atoms with Crippen molar-refractivity contribution in [3.63, 3.8) is 0 Å². The van der Waals surface area contributed by atoms with Gasteiger partial charge in [-0.25, -0.2) is 0 Å². The number of halogens is 1. The monoisotopic (exact) mass is 284 g/mol. The Hall–Kier alpha value is -1.16. The first kappa shape index (κ1) is 12.9. The highest BCUT2D eigenvalue weighted by Gasteiger charge is 2.26. The van der Waals surface area contributed by atoms with Crippen LogP contribution < -0.4 is 0 Å². The molecule has 86 valence electrons. The fourth-order valence-electron chi connectivity index (χ4n) is 1.32. The first-order valence-corrected chi connectivity index (χ1v) is 5.75. The van der Waals surface area contributed by atoms with Gasteiger partial charge in [0.05, 0.1) is 5.92 Å². The number of carboxylic acid groups (broad SMARTS) is 1. The molecule has 2 unspecified atom stereocenters. The van der Waals surface area contributed by atoms with E-state index in [-0.39, 0.29) is 5.78 Å². The largest absolute Gasteiger partial charge is 0.481 e. The van der Waals surface area contributed by atoms with Crippen LogP contribution in [0.2, 0.25) is 0 Å². The highest BCUT2D eigenvalue weighted by atomic mass is 79.9. The van der Waals surface area contributed by atoms with E-state index in [2.05, 4.69) is 15.9 Å². The third-order valence-corrected chi connectivity index (χ3v) is 3.21. The molecule has 0 aromatic heterocycles. The Morgan fingerprint density at radius 3 is 2.06 bits per heavy atom. The van der Waals surface area contributed by atoms with Crippen LogP contribution in [0.15, 0.2) is 28.7 Å². The number of benzene rings is 1. The van der Waals surface area contributed by atoms with Gasteiger partial charge in [0.2, 0.25) is 0 Å². The van der Waals surface area contributed by atoms with E-state index >= 15 is 0 Å². The maximum absolute atomic E-state index is 11.9. The van der Waals surface area contributed by atoms with Crippen molar-refractivity contribution in [2.45, 2.75) is 13.8 Å². The molecule has 0 aliphatic heterocycles. The van der Waals surface area contributed by atoms with Gasteiger partial charge in [0, 0.05) is 16.0 Å². The fourth-order valence-corrected chi connectivity index (χ4v) is 1.58. The van der Waals surface area contributed by atoms with E-state index in [1.807, 2.05) is 0 Å². The van der Waals surface area contributed by atoms with Crippen LogP contribution in [0.3, 0.4) is 0 Å². The molecule has 0 saturated heterocycles. The third kappa shape index (κ3) is 2.92. The summed E-state index contributed by atoms with van der Waals surface area (Å²) in [6.45, 7) is 3.19. The number of carbonyl (C=O) groups excluding carboxylic acids is 1. The second-order valence-electron chi connectivity index (χ2n) is 3.79. The van der Waals surface area contributed by atoms with Crippen molar-refractivity contribution in [2.75, 3.05) is 0 Å². The molecule has 0 bridgehead atoms. The van der Waals surface area contributed by atoms with E-state index in [1.165, 1.54) is 0 Å². The Labute approximate surface area is 103 Å². The van der Waals surface area contributed by atoms with Gasteiger partial charge in [-0.3, -0.25) is 9.59 Å². The lowest BCUT2D eigenvalue weighted by Crippen LogP contribution is -2.25. The summed E-state index contributed by atoms with van der Waals surface area (Å²) in [6.07, 6.45) is 0. The van der Waals surface area contributed by atoms with Crippen molar-refractivity contribution >= 4 is 27.7 Å². The van der Waals surface area contributed by atoms with Crippen LogP contribution in [0.1, 0.15) is 24.2 Å². The van der Waals surface area contributed by atoms with Gasteiger partial charge in [-0.1, -0.05) is 41.9 Å². The van der Waals surface area contributed by atoms with Crippen LogP contribution in [0.4, 0.5) is 0 Å². The summed E-state index contributed by atoms with van der Waals surface area (Å²) in [7, 11) is 0. The van der Waals surface area contributed by atoms with Crippen molar-refractivity contribution < 1.29 is 14.7 Å². The smallest absolute Gasteiger partial charge is 0.306 e. The first-order chi connectivity index (χ1) is 7.43. The van der Waals surface area contributed by atoms with Gasteiger partial charge < -0.3 is 5.11 Å². The van der Waals surface area contributed by atoms with E-state index in [4.69, 9.17) is 5.11 Å². The van der Waals surface area contributed by atoms with Crippen molar-refractivity contribution in [1.82, 2.24) is 0 Å². The lowest BCUT2D eigenvalue weighted by molar-refractivity contribution is -0.142. The zero-order valence-electron chi connectivity index (χ0n) is 9.11. The Morgan fingerprint density at radius 2 is 1.62 bits per heavy atom. The summed E-state index contributed by atoms with van der Waals surface area (Å²) < 4.78 is 0.892. The van der Waals surface area contributed by atoms with Crippen molar-refractivity contribution in [2.24, 2.45) is 11.8 Å². The minimum absolute atomic E-state index is 0.137. The van der Waals surface area contributed by atoms with Crippen LogP contribution in [-0.4, -0.2) is 16.9 Å². The molecule has 1 aromatic rings. The van der Waals surface area contributed by atoms with Gasteiger partial charge in [0.1, 0.15) is 0 Å². The number of carboxylic acids is 1. The molecule has 0 saturated carbocycles. The summed E-state index contributed by atoms with van der Waals surface area (Å²) in [4.78, 5) is 22.7. The number of carbonyl (C=O) groups is 2. The molecule has 1 rings (SSSR count). The summed E-state index contributed by atoms with van der Waals surface area (Å²) >= 11 is 3.28. The number of hydrogen-bond donors (Lipinski definition) is 1. The SMILES string of the molecule is CC(C(=O)O)C(C)C(=O)c1ccc(Br)cc1. The Morgan fingerprint density at radius 1 is 1.12 bits per heavy atom. The molecular weight excluding hydrogens is 272 g/mol. The molecule has 1 N–H and O–H groups in total. The molecule has 3 nitrogen and oxygen atoms in total. The average Bonchev–Trinajstić information content (AvgIpc) is 2.27. The molecule has 0 aliphatic carbocycles. The summed E-state index contributed by atoms with van der Waals surface area (Å²) in [6, 6.07) is 6.92. The van der Waals surface area contributed by atoms with Gasteiger partial charge in [-0.05, 0) is 12.1 Å². The second kappa shape index (κ2) is 5.25. The summed E-state index contributed by atoms with van der Waals surface area (Å²) in [5.41, 5.74) is 0.545. The molecule has 0 radical (unpaired) electrons. The minimum atomic E-state index is -0.946. The Bertz CT molecular complexity index is 397. The van der Waals surface area contributed by atoms with E-state index < -0.39 is 17.8 Å². The van der Waals surface area contributed by atoms with E-state index in [0.717, 1.165) is 4.47 Å². The lowest BCUT2D eigenvalue weighted by atomic mass is 9.88. The van der Waals surface area contributed by atoms with E-state index in [9.17, 15) is 9.59 Å². The lowest BCUT2D eigenvalue weighted by Gasteiger charge is -2.14. The summed E-state index contributed by atoms with van der Waals surface area (Å²) in [5.74, 6) is -2.27. The highest BCUT2D eigenvalue weighted by molar-refractivity contribution is 9.10. The van der Waals surface area contributed by atoms with Gasteiger partial charge in [-0.15, -0.1) is 0 Å². The molecule has 1 aromatic carbocycles. The first-order valence-electron chi connectivity index (χ1n) is 4.96. The van der Waals surface area contributed by atoms with Crippen LogP contribution in [-0.2, 0) is 4.79 Å². The number of Topliss-reactive ketones (excluding diaryl/α,β-unsaturated/α-hetero) is 1. The molecule has 0 fully saturated rings. The standard InChI is InChI=1S/C12H13BrO3/c1-7(8(2)12(15)16)11(14)9-3-5-10(13)6-4-9/h3-8H,1-2H3,(H,15,16). The second-order valence-corrected chi connectivity index (χ2v) is 4.70. The van der Waals surface area contributed by atoms with Gasteiger partial charge >= 0.3 is 5.97 Å². The van der Waals surface area contributed by atoms with Crippen LogP contribution >= 0.6 is 15.9 Å². The Kier molecular flexibility index (Phi) is 4.24. The zero-order chi connectivity index (χ0) is 12.3. The van der Waals surface area contributed by atoms with Crippen LogP contribution in [0, 0.1) is 11.8 Å². The van der Waals surface area contributed by atoms with Crippen molar-refractivity contribution in [3.8, 4) is 0 Å². The minimum Gasteiger partial charge on any atom is -0.481 e. The van der Waals surface area contributed by atoms with Gasteiger partial charge in [0.15, 0.2) is 5.78 Å². The number of rotatable bonds is 4. The van der Waals surface area contributed by atoms with Gasteiger partial charge in [0.25, 0.3) is 0 Å². The predicted octanol–water partition coefficient (Wildman–Crippen LogP) is 2.99. The predicted molar refractivity (Wildman–Crippen MR) is 64.4 cm³/mol. The number of hydrogen-bond acceptors (Lipinski definition) is 2. The maximum Gasteiger partial charge on any atom is 0.306 e. The third-order valence-electron chi connectivity index (χ3n) is 2.68.